The maximum absolute atomic E-state index is 13.2. The van der Waals surface area contributed by atoms with Crippen LogP contribution in [-0.4, -0.2) is 64.9 Å². The molecule has 0 bridgehead atoms. The van der Waals surface area contributed by atoms with Gasteiger partial charge in [0.2, 0.25) is 0 Å². The summed E-state index contributed by atoms with van der Waals surface area (Å²) in [7, 11) is -11.7. The van der Waals surface area contributed by atoms with Gasteiger partial charge in [-0.1, -0.05) is 10.1 Å². The molecule has 67 heavy (non-hydrogen) atoms. The lowest BCUT2D eigenvalue weighted by Gasteiger charge is -2.14. The summed E-state index contributed by atoms with van der Waals surface area (Å²) in [6.07, 6.45) is 0. The minimum absolute atomic E-state index is 0.0172. The molecule has 0 heterocycles. The molecule has 0 saturated carbocycles. The van der Waals surface area contributed by atoms with Crippen molar-refractivity contribution in [1.82, 2.24) is 0 Å². The number of nitrogens with one attached hydrogen (secondary N) is 1. The van der Waals surface area contributed by atoms with Crippen LogP contribution in [-0.2, 0) is 52.9 Å². The second-order valence-corrected chi connectivity index (χ2v) is 19.5. The maximum Gasteiger partial charge on any atom is 0.296 e. The van der Waals surface area contributed by atoms with Crippen LogP contribution < -0.4 is 20.9 Å². The number of methoxy groups -OCH3 is 1. The van der Waals surface area contributed by atoms with Gasteiger partial charge in [-0.25, -0.2) is 27.4 Å². The predicted octanol–water partition coefficient (Wildman–Crippen LogP) is 9.22. The summed E-state index contributed by atoms with van der Waals surface area (Å²) in [5.41, 5.74) is 12.5. The van der Waals surface area contributed by atoms with Gasteiger partial charge < -0.3 is 21.3 Å². The maximum atomic E-state index is 13.2. The standard InChI is InChI=1S/C37H33N9O16S5/c1-57-30-20-22(38)2-15-29(30)43-40-23-3-5-26(6-4-23)46-66(52,53)28-13-9-25(10-14-28)42-45-36-32(67(54,55)56)19-21-18-31(63-61-59-48)35(34(39)33(21)37(36)47)44-41-24-7-11-27(12-8-24)65(50,51)17-16-58-64-62-60-49/h2-15,18-20,46-49H,16-17,38-39H2,1H3,(H,54,55,56). The SMILES string of the molecule is COc1cc(N)ccc1N=Nc1ccc(NS(=O)(=O)c2ccc(N=Nc3c(S(=O)(=O)O)cc4cc(SOOO)c(N=Nc5ccc(S(=O)(=O)CCOSOOO)cc5)c(N)c4c3O)cc2)cc1. The van der Waals surface area contributed by atoms with E-state index in [1.54, 1.807) is 18.2 Å². The van der Waals surface area contributed by atoms with E-state index in [1.165, 1.54) is 86.0 Å². The predicted molar refractivity (Wildman–Crippen MR) is 241 cm³/mol. The summed E-state index contributed by atoms with van der Waals surface area (Å²) < 4.78 is 108. The summed E-state index contributed by atoms with van der Waals surface area (Å²) in [5, 5.41) is 59.4. The average molecular weight is 1020 g/mol. The largest absolute Gasteiger partial charge is 0.505 e. The molecule has 0 unspecified atom stereocenters. The Bertz CT molecular complexity index is 3180. The Morgan fingerprint density at radius 3 is 1.87 bits per heavy atom. The summed E-state index contributed by atoms with van der Waals surface area (Å²) in [4.78, 5) is -1.28. The smallest absolute Gasteiger partial charge is 0.296 e. The fourth-order valence-corrected chi connectivity index (χ4v) is 9.31. The number of hydrogen-bond acceptors (Lipinski definition) is 25. The van der Waals surface area contributed by atoms with Crippen LogP contribution in [0.15, 0.2) is 153 Å². The van der Waals surface area contributed by atoms with Gasteiger partial charge in [0, 0.05) is 17.4 Å². The van der Waals surface area contributed by atoms with E-state index in [1.807, 2.05) is 0 Å². The van der Waals surface area contributed by atoms with Crippen molar-refractivity contribution in [1.29, 1.82) is 0 Å². The number of nitrogens with two attached hydrogens (primary N) is 2. The number of sulfonamides is 1. The summed E-state index contributed by atoms with van der Waals surface area (Å²) in [6.45, 7) is -0.322. The van der Waals surface area contributed by atoms with E-state index in [9.17, 15) is 34.9 Å². The molecule has 0 spiro atoms. The number of azo groups is 3. The molecule has 0 atom stereocenters. The number of nitrogens with zero attached hydrogens (tertiary/aromatic N) is 6. The monoisotopic (exact) mass is 1020 g/mol. The van der Waals surface area contributed by atoms with Crippen molar-refractivity contribution in [2.24, 2.45) is 30.7 Å². The third kappa shape index (κ3) is 12.7. The van der Waals surface area contributed by atoms with Gasteiger partial charge in [0.15, 0.2) is 27.9 Å². The van der Waals surface area contributed by atoms with Gasteiger partial charge in [-0.15, -0.1) is 24.0 Å². The Labute approximate surface area is 388 Å². The van der Waals surface area contributed by atoms with Crippen LogP contribution in [0.2, 0.25) is 0 Å². The summed E-state index contributed by atoms with van der Waals surface area (Å²) in [6, 6.07) is 22.9. The number of rotatable bonds is 21. The zero-order valence-electron chi connectivity index (χ0n) is 33.8. The van der Waals surface area contributed by atoms with Crippen molar-refractivity contribution in [3.05, 3.63) is 103 Å². The highest BCUT2D eigenvalue weighted by Crippen LogP contribution is 2.49. The number of aromatic hydroxyl groups is 1. The fourth-order valence-electron chi connectivity index (χ4n) is 5.68. The number of phenolic OH excluding ortho intramolecular Hbond substituents is 1. The molecular weight excluding hydrogens is 987 g/mol. The molecule has 0 aliphatic heterocycles. The third-order valence-electron chi connectivity index (χ3n) is 8.76. The molecule has 0 amide bonds. The first-order chi connectivity index (χ1) is 31.9. The molecule has 0 saturated heterocycles. The van der Waals surface area contributed by atoms with Crippen molar-refractivity contribution in [2.45, 2.75) is 19.6 Å². The van der Waals surface area contributed by atoms with Gasteiger partial charge in [0.05, 0.1) is 74.3 Å². The van der Waals surface area contributed by atoms with Crippen molar-refractivity contribution in [3.8, 4) is 11.5 Å². The third-order valence-corrected chi connectivity index (χ3v) is 13.7. The van der Waals surface area contributed by atoms with Crippen molar-refractivity contribution >= 4 is 116 Å². The number of anilines is 3. The molecule has 25 nitrogen and oxygen atoms in total. The first kappa shape index (κ1) is 50.0. The Balaban J connectivity index is 1.24. The molecule has 6 aromatic carbocycles. The fraction of sp³-hybridized carbons (Fsp3) is 0.0811. The lowest BCUT2D eigenvalue weighted by atomic mass is 10.1. The molecule has 0 aliphatic rings. The molecule has 0 aliphatic carbocycles. The summed E-state index contributed by atoms with van der Waals surface area (Å²) >= 11 is 0.555. The Morgan fingerprint density at radius 2 is 1.27 bits per heavy atom. The Hall–Kier alpha value is -6.39. The number of benzene rings is 6. The lowest BCUT2D eigenvalue weighted by molar-refractivity contribution is -0.434. The first-order valence-electron chi connectivity index (χ1n) is 18.2. The van der Waals surface area contributed by atoms with E-state index in [-0.39, 0.29) is 72.8 Å². The van der Waals surface area contributed by atoms with E-state index in [2.05, 4.69) is 54.2 Å². The second-order valence-electron chi connectivity index (χ2n) is 13.0. The zero-order valence-corrected chi connectivity index (χ0v) is 37.9. The molecule has 0 fully saturated rings. The van der Waals surface area contributed by atoms with E-state index >= 15 is 0 Å². The van der Waals surface area contributed by atoms with E-state index in [0.29, 0.717) is 34.9 Å². The van der Waals surface area contributed by atoms with Gasteiger partial charge >= 0.3 is 0 Å². The van der Waals surface area contributed by atoms with Crippen LogP contribution in [0, 0.1) is 0 Å². The number of ether oxygens (including phenoxy) is 1. The van der Waals surface area contributed by atoms with E-state index < -0.39 is 52.1 Å². The van der Waals surface area contributed by atoms with Crippen LogP contribution in [0.25, 0.3) is 10.8 Å². The highest BCUT2D eigenvalue weighted by Gasteiger charge is 2.26. The van der Waals surface area contributed by atoms with Crippen molar-refractivity contribution in [2.75, 3.05) is 35.7 Å². The van der Waals surface area contributed by atoms with E-state index in [4.69, 9.17) is 30.9 Å². The first-order valence-corrected chi connectivity index (χ1v) is 24.2. The molecular formula is C37H33N9O16S5. The molecule has 30 heteroatoms. The highest BCUT2D eigenvalue weighted by molar-refractivity contribution is 7.94. The number of sulfone groups is 1. The van der Waals surface area contributed by atoms with Crippen LogP contribution in [0.1, 0.15) is 0 Å². The summed E-state index contributed by atoms with van der Waals surface area (Å²) in [5.74, 6) is -0.946. The quantitative estimate of drug-likeness (QED) is 0.00671. The van der Waals surface area contributed by atoms with Crippen molar-refractivity contribution in [3.63, 3.8) is 0 Å². The second kappa shape index (κ2) is 21.9. The number of fused-ring (bicyclic) bond motifs is 1. The number of hydrogen-bond donors (Lipinski definition) is 7. The van der Waals surface area contributed by atoms with Crippen LogP contribution >= 0.6 is 24.4 Å². The van der Waals surface area contributed by atoms with Crippen LogP contribution in [0.5, 0.6) is 11.5 Å². The van der Waals surface area contributed by atoms with E-state index in [0.717, 1.165) is 6.07 Å². The Kier molecular flexibility index (Phi) is 16.4. The van der Waals surface area contributed by atoms with Gasteiger partial charge in [0.25, 0.3) is 20.1 Å². The topological polar surface area (TPSA) is 377 Å². The van der Waals surface area contributed by atoms with Crippen LogP contribution in [0.3, 0.4) is 0 Å². The molecule has 9 N–H and O–H groups in total. The normalized spacial score (nSPS) is 12.5. The lowest BCUT2D eigenvalue weighted by Crippen LogP contribution is -2.12. The Morgan fingerprint density at radius 1 is 0.687 bits per heavy atom. The number of nitrogen functional groups attached to an aromatic ring is 2. The molecule has 0 aromatic heterocycles. The highest BCUT2D eigenvalue weighted by atomic mass is 32.2. The molecule has 352 valence electrons. The van der Waals surface area contributed by atoms with Gasteiger partial charge in [-0.3, -0.25) is 13.5 Å². The molecule has 6 rings (SSSR count). The molecule has 6 aromatic rings. The van der Waals surface area contributed by atoms with Crippen LogP contribution in [0.4, 0.5) is 51.2 Å². The average Bonchev–Trinajstić information content (AvgIpc) is 3.29. The minimum atomic E-state index is -5.13. The van der Waals surface area contributed by atoms with Gasteiger partial charge in [-0.05, 0) is 102 Å². The van der Waals surface area contributed by atoms with Gasteiger partial charge in [0.1, 0.15) is 27.7 Å². The minimum Gasteiger partial charge on any atom is -0.505 e. The zero-order chi connectivity index (χ0) is 48.4. The number of phenols is 1. The van der Waals surface area contributed by atoms with Crippen molar-refractivity contribution < 1.29 is 73.1 Å². The molecule has 0 radical (unpaired) electrons. The van der Waals surface area contributed by atoms with Gasteiger partial charge in [-0.2, -0.15) is 23.8 Å².